The lowest BCUT2D eigenvalue weighted by Crippen LogP contribution is -2.21. The second-order valence-corrected chi connectivity index (χ2v) is 4.12. The zero-order valence-electron chi connectivity index (χ0n) is 11.1. The van der Waals surface area contributed by atoms with Gasteiger partial charge in [-0.3, -0.25) is 0 Å². The van der Waals surface area contributed by atoms with Crippen molar-refractivity contribution < 1.29 is 9.47 Å². The third kappa shape index (κ3) is 3.97. The van der Waals surface area contributed by atoms with Gasteiger partial charge in [0.05, 0.1) is 13.7 Å². The third-order valence-corrected chi connectivity index (χ3v) is 2.78. The molecular formula is C15H21NO2. The highest BCUT2D eigenvalue weighted by atomic mass is 16.5. The van der Waals surface area contributed by atoms with E-state index in [9.17, 15) is 0 Å². The molecule has 0 fully saturated rings. The quantitative estimate of drug-likeness (QED) is 0.594. The van der Waals surface area contributed by atoms with Crippen LogP contribution in [-0.4, -0.2) is 19.8 Å². The van der Waals surface area contributed by atoms with Crippen molar-refractivity contribution >= 4 is 0 Å². The van der Waals surface area contributed by atoms with Crippen LogP contribution in [0.2, 0.25) is 0 Å². The van der Waals surface area contributed by atoms with E-state index in [1.165, 1.54) is 0 Å². The van der Waals surface area contributed by atoms with E-state index in [0.29, 0.717) is 13.0 Å². The Bertz CT molecular complexity index is 409. The number of ether oxygens (including phenoxy) is 2. The van der Waals surface area contributed by atoms with Crippen molar-refractivity contribution in [3.63, 3.8) is 0 Å². The first-order valence-corrected chi connectivity index (χ1v) is 6.20. The molecule has 3 nitrogen and oxygen atoms in total. The Hall–Kier alpha value is -1.66. The molecule has 1 unspecified atom stereocenters. The second-order valence-electron chi connectivity index (χ2n) is 4.12. The molecule has 0 amide bonds. The molecule has 0 saturated heterocycles. The van der Waals surface area contributed by atoms with E-state index in [0.717, 1.165) is 29.9 Å². The first-order valence-electron chi connectivity index (χ1n) is 6.20. The van der Waals surface area contributed by atoms with Crippen LogP contribution in [0.25, 0.3) is 0 Å². The molecule has 1 aromatic rings. The minimum absolute atomic E-state index is 0.132. The van der Waals surface area contributed by atoms with Crippen molar-refractivity contribution in [1.29, 1.82) is 0 Å². The molecule has 18 heavy (non-hydrogen) atoms. The lowest BCUT2D eigenvalue weighted by Gasteiger charge is -2.16. The van der Waals surface area contributed by atoms with Crippen LogP contribution in [0, 0.1) is 12.3 Å². The van der Waals surface area contributed by atoms with E-state index in [-0.39, 0.29) is 6.04 Å². The summed E-state index contributed by atoms with van der Waals surface area (Å²) in [5.41, 5.74) is 7.06. The number of benzene rings is 1. The molecule has 0 radical (unpaired) electrons. The van der Waals surface area contributed by atoms with Crippen LogP contribution in [0.3, 0.4) is 0 Å². The van der Waals surface area contributed by atoms with Crippen molar-refractivity contribution in [1.82, 2.24) is 0 Å². The maximum absolute atomic E-state index is 5.99. The monoisotopic (exact) mass is 247 g/mol. The summed E-state index contributed by atoms with van der Waals surface area (Å²) < 4.78 is 11.0. The zero-order chi connectivity index (χ0) is 13.4. The summed E-state index contributed by atoms with van der Waals surface area (Å²) in [5, 5.41) is 0. The van der Waals surface area contributed by atoms with E-state index >= 15 is 0 Å². The van der Waals surface area contributed by atoms with Crippen LogP contribution in [-0.2, 0) is 6.42 Å². The summed E-state index contributed by atoms with van der Waals surface area (Å²) in [5.74, 6) is 4.05. The van der Waals surface area contributed by atoms with Crippen molar-refractivity contribution in [3.8, 4) is 23.8 Å². The average Bonchev–Trinajstić information content (AvgIpc) is 2.40. The second kappa shape index (κ2) is 7.62. The molecule has 0 aliphatic carbocycles. The average molecular weight is 247 g/mol. The van der Waals surface area contributed by atoms with Gasteiger partial charge in [-0.1, -0.05) is 19.1 Å². The summed E-state index contributed by atoms with van der Waals surface area (Å²) >= 11 is 0. The summed E-state index contributed by atoms with van der Waals surface area (Å²) in [6.07, 6.45) is 7.51. The first kappa shape index (κ1) is 14.4. The van der Waals surface area contributed by atoms with Crippen LogP contribution in [0.15, 0.2) is 18.2 Å². The fourth-order valence-corrected chi connectivity index (χ4v) is 1.69. The van der Waals surface area contributed by atoms with Crippen LogP contribution in [0.4, 0.5) is 0 Å². The molecular weight excluding hydrogens is 226 g/mol. The lowest BCUT2D eigenvalue weighted by atomic mass is 10.0. The number of rotatable bonds is 7. The molecule has 0 bridgehead atoms. The largest absolute Gasteiger partial charge is 0.493 e. The molecule has 1 atom stereocenters. The Labute approximate surface area is 109 Å². The van der Waals surface area contributed by atoms with E-state index in [1.54, 1.807) is 7.11 Å². The molecule has 0 heterocycles. The molecule has 0 aromatic heterocycles. The number of hydrogen-bond acceptors (Lipinski definition) is 3. The normalized spacial score (nSPS) is 11.7. The highest BCUT2D eigenvalue weighted by molar-refractivity contribution is 5.47. The molecule has 0 saturated carbocycles. The highest BCUT2D eigenvalue weighted by Crippen LogP contribution is 2.32. The van der Waals surface area contributed by atoms with Gasteiger partial charge < -0.3 is 15.2 Å². The van der Waals surface area contributed by atoms with Gasteiger partial charge in [-0.15, -0.1) is 12.3 Å². The van der Waals surface area contributed by atoms with Gasteiger partial charge in [-0.2, -0.15) is 0 Å². The molecule has 0 aliphatic rings. The van der Waals surface area contributed by atoms with Gasteiger partial charge in [0.25, 0.3) is 0 Å². The molecule has 1 aromatic carbocycles. The van der Waals surface area contributed by atoms with Crippen molar-refractivity contribution in [2.75, 3.05) is 13.7 Å². The maximum atomic E-state index is 5.99. The molecule has 98 valence electrons. The van der Waals surface area contributed by atoms with Crippen LogP contribution >= 0.6 is 0 Å². The van der Waals surface area contributed by atoms with Gasteiger partial charge in [0.2, 0.25) is 0 Å². The standard InChI is InChI=1S/C15H21NO2/c1-4-6-10-18-15-12(11-13(16)5-2)8-7-9-14(15)17-3/h1,7-9,13H,5-6,10-11,16H2,2-3H3. The van der Waals surface area contributed by atoms with Gasteiger partial charge >= 0.3 is 0 Å². The van der Waals surface area contributed by atoms with Crippen LogP contribution in [0.5, 0.6) is 11.5 Å². The summed E-state index contributed by atoms with van der Waals surface area (Å²) in [4.78, 5) is 0. The lowest BCUT2D eigenvalue weighted by molar-refractivity contribution is 0.297. The Morgan fingerprint density at radius 3 is 2.83 bits per heavy atom. The third-order valence-electron chi connectivity index (χ3n) is 2.78. The van der Waals surface area contributed by atoms with Gasteiger partial charge in [0, 0.05) is 12.5 Å². The molecule has 1 rings (SSSR count). The van der Waals surface area contributed by atoms with Crippen LogP contribution in [0.1, 0.15) is 25.3 Å². The van der Waals surface area contributed by atoms with Crippen LogP contribution < -0.4 is 15.2 Å². The van der Waals surface area contributed by atoms with Gasteiger partial charge in [-0.25, -0.2) is 0 Å². The Morgan fingerprint density at radius 2 is 2.22 bits per heavy atom. The number of methoxy groups -OCH3 is 1. The van der Waals surface area contributed by atoms with Gasteiger partial charge in [0.15, 0.2) is 11.5 Å². The number of nitrogens with two attached hydrogens (primary N) is 1. The fourth-order valence-electron chi connectivity index (χ4n) is 1.69. The Balaban J connectivity index is 2.89. The highest BCUT2D eigenvalue weighted by Gasteiger charge is 2.12. The van der Waals surface area contributed by atoms with Crippen molar-refractivity contribution in [2.45, 2.75) is 32.2 Å². The number of para-hydroxylation sites is 1. The summed E-state index contributed by atoms with van der Waals surface area (Å²) in [6.45, 7) is 2.56. The first-order chi connectivity index (χ1) is 8.72. The van der Waals surface area contributed by atoms with Crippen molar-refractivity contribution in [2.24, 2.45) is 5.73 Å². The molecule has 0 spiro atoms. The van der Waals surface area contributed by atoms with E-state index in [1.807, 2.05) is 18.2 Å². The van der Waals surface area contributed by atoms with Crippen molar-refractivity contribution in [3.05, 3.63) is 23.8 Å². The topological polar surface area (TPSA) is 44.5 Å². The predicted molar refractivity (Wildman–Crippen MR) is 73.9 cm³/mol. The predicted octanol–water partition coefficient (Wildman–Crippen LogP) is 2.38. The zero-order valence-corrected chi connectivity index (χ0v) is 11.1. The molecule has 3 heteroatoms. The fraction of sp³-hybridized carbons (Fsp3) is 0.467. The van der Waals surface area contributed by atoms with Gasteiger partial charge in [-0.05, 0) is 24.5 Å². The van der Waals surface area contributed by atoms with E-state index < -0.39 is 0 Å². The molecule has 2 N–H and O–H groups in total. The molecule has 0 aliphatic heterocycles. The minimum Gasteiger partial charge on any atom is -0.493 e. The Kier molecular flexibility index (Phi) is 6.10. The number of hydrogen-bond donors (Lipinski definition) is 1. The van der Waals surface area contributed by atoms with E-state index in [2.05, 4.69) is 12.8 Å². The van der Waals surface area contributed by atoms with Gasteiger partial charge in [0.1, 0.15) is 0 Å². The SMILES string of the molecule is C#CCCOc1c(CC(N)CC)cccc1OC. The smallest absolute Gasteiger partial charge is 0.164 e. The maximum Gasteiger partial charge on any atom is 0.164 e. The summed E-state index contributed by atoms with van der Waals surface area (Å²) in [7, 11) is 1.63. The van der Waals surface area contributed by atoms with E-state index in [4.69, 9.17) is 21.6 Å². The number of terminal acetylenes is 1. The Morgan fingerprint density at radius 1 is 1.44 bits per heavy atom. The summed E-state index contributed by atoms with van der Waals surface area (Å²) in [6, 6.07) is 5.98. The minimum atomic E-state index is 0.132.